The van der Waals surface area contributed by atoms with E-state index >= 15 is 0 Å². The molecule has 1 fully saturated rings. The third-order valence-corrected chi connectivity index (χ3v) is 23.1. The fourth-order valence-electron chi connectivity index (χ4n) is 17.5. The normalized spacial score (nSPS) is 15.9. The van der Waals surface area contributed by atoms with Crippen molar-refractivity contribution >= 4 is 34.7 Å². The fourth-order valence-corrected chi connectivity index (χ4v) is 17.5. The van der Waals surface area contributed by atoms with Gasteiger partial charge in [-0.05, 0) is 209 Å². The maximum Gasteiger partial charge on any atom is 0.433 e. The molecule has 2 unspecified atom stereocenters. The number of halogens is 17. The van der Waals surface area contributed by atoms with Crippen molar-refractivity contribution in [1.29, 1.82) is 0 Å². The first-order valence-electron chi connectivity index (χ1n) is 40.7. The predicted molar refractivity (Wildman–Crippen MR) is 431 cm³/mol. The van der Waals surface area contributed by atoms with Crippen molar-refractivity contribution in [2.24, 2.45) is 5.92 Å². The van der Waals surface area contributed by atoms with E-state index in [4.69, 9.17) is 0 Å². The van der Waals surface area contributed by atoms with Crippen LogP contribution in [-0.2, 0) is 90.6 Å². The molecular weight excluding hydrogens is 1690 g/mol. The largest absolute Gasteiger partial charge is 0.433 e. The van der Waals surface area contributed by atoms with Gasteiger partial charge in [-0.2, -0.15) is 37.2 Å². The van der Waals surface area contributed by atoms with Gasteiger partial charge in [-0.3, -0.25) is 57.8 Å². The van der Waals surface area contributed by atoms with Gasteiger partial charge >= 0.3 is 6.18 Å². The Bertz CT molecular complexity index is 6200. The number of fused-ring (bicyclic) bond motifs is 5. The molecule has 0 aliphatic heterocycles. The fraction of sp³-hybridized carbons (Fsp3) is 0.305. The van der Waals surface area contributed by atoms with Gasteiger partial charge in [0.05, 0.1) is 52.2 Å². The Morgan fingerprint density at radius 3 is 1.35 bits per heavy atom. The van der Waals surface area contributed by atoms with E-state index in [0.29, 0.717) is 55.9 Å². The van der Waals surface area contributed by atoms with E-state index in [1.807, 2.05) is 24.4 Å². The average molecular weight is 1760 g/mol. The maximum atomic E-state index is 14.9. The molecule has 658 valence electrons. The van der Waals surface area contributed by atoms with E-state index in [1.165, 1.54) is 81.2 Å². The molecule has 0 radical (unpaired) electrons. The number of pyridine rings is 3. The molecule has 1 saturated carbocycles. The Balaban J connectivity index is 0.000000155. The number of hydrogen-bond acceptors (Lipinski definition) is 12. The van der Waals surface area contributed by atoms with Crippen LogP contribution in [0.4, 0.5) is 74.6 Å². The summed E-state index contributed by atoms with van der Waals surface area (Å²) in [6, 6.07) is 33.8. The Kier molecular flexibility index (Phi) is 26.7. The summed E-state index contributed by atoms with van der Waals surface area (Å²) in [7, 11) is 0. The monoisotopic (exact) mass is 1760 g/mol. The van der Waals surface area contributed by atoms with E-state index in [2.05, 4.69) is 30.2 Å². The van der Waals surface area contributed by atoms with Crippen LogP contribution in [0.2, 0.25) is 0 Å². The van der Waals surface area contributed by atoms with Gasteiger partial charge in [-0.25, -0.2) is 52.7 Å². The number of hydrogen-bond donors (Lipinski definition) is 0. The SMILES string of the molecule is CC(=O)c1cc(-c2cccnc2[C@@H](CC(=O)Cn2nc(C(F)F)c3c2C(F)(F)CCC3)Cc2cc(F)cc(F)c2)ccc1F.CC(=O)c1cc(-c2cccnc2[C@@H](CC(=O)Cn2nc3c(c2C(F)(F)F)C(F)(F)C2CC32)Cc2cc(F)cc(F)c2)ccc1F.CC(=O)c1cccc(-c2cccnc2[C@@H](CC(=O)Cn2ncc3c2CCCC3)Cc2cc(F)cc(F)c2)c1. The molecule has 15 nitrogen and oxygen atoms in total. The summed E-state index contributed by atoms with van der Waals surface area (Å²) in [6.45, 7) is 2.29. The summed E-state index contributed by atoms with van der Waals surface area (Å²) in [6.07, 6.45) is 0.570. The van der Waals surface area contributed by atoms with Crippen molar-refractivity contribution in [3.8, 4) is 33.4 Å². The third kappa shape index (κ3) is 20.5. The molecule has 6 heterocycles. The summed E-state index contributed by atoms with van der Waals surface area (Å²) >= 11 is 0. The second-order valence-corrected chi connectivity index (χ2v) is 32.3. The topological polar surface area (TPSA) is 195 Å². The van der Waals surface area contributed by atoms with Crippen molar-refractivity contribution in [1.82, 2.24) is 44.3 Å². The Labute approximate surface area is 715 Å². The Hall–Kier alpha value is -12.8. The summed E-state index contributed by atoms with van der Waals surface area (Å²) in [5.74, 6) is -20.6. The third-order valence-electron chi connectivity index (χ3n) is 23.1. The number of benzene rings is 6. The van der Waals surface area contributed by atoms with Gasteiger partial charge in [0.25, 0.3) is 18.3 Å². The van der Waals surface area contributed by atoms with Crippen LogP contribution in [0.15, 0.2) is 176 Å². The minimum Gasteiger partial charge on any atom is -0.298 e. The lowest BCUT2D eigenvalue weighted by Crippen LogP contribution is -2.27. The van der Waals surface area contributed by atoms with E-state index in [0.717, 1.165) is 85.0 Å². The molecule has 32 heteroatoms. The van der Waals surface area contributed by atoms with Crippen LogP contribution >= 0.6 is 0 Å². The molecule has 0 N–H and O–H groups in total. The van der Waals surface area contributed by atoms with Gasteiger partial charge in [0.2, 0.25) is 0 Å². The molecular formula is C95H78F17N9O6. The van der Waals surface area contributed by atoms with Crippen LogP contribution in [-0.4, -0.2) is 79.0 Å². The average Bonchev–Trinajstić information content (AvgIpc) is 1.51. The number of rotatable bonds is 28. The number of nitrogens with zero attached hydrogens (tertiary/aromatic N) is 9. The Morgan fingerprint density at radius 1 is 0.472 bits per heavy atom. The molecule has 5 atom stereocenters. The van der Waals surface area contributed by atoms with Crippen molar-refractivity contribution in [2.75, 3.05) is 0 Å². The quantitative estimate of drug-likeness (QED) is 0.0333. The standard InChI is InChI=1S/C32H23F8N3O2.C32H26F7N3O2.C31H29F2N3O2/c1-15(44)23-11-17(4-5-26(23)35)22-3-2-6-41-28(22)18(7-16-8-19(33)12-20(34)9-16)10-21(45)14-43-30(32(38,39)40)27-29(42-43)24-13-25(24)31(27,36)37;1-17(43)26-14-19(6-7-27(26)35)24-5-3-9-40-28(24)20(10-18-11-21(33)15-22(34)12-18)13-23(44)16-42-30-25(29(41-42)31(36)37)4-2-8-32(30,38)39;1-20(37)22-7-4-8-23(15-22)29-9-5-11-34-31(29)25(12-21-13-26(32)17-27(33)14-21)16-28(38)19-36-30-10-3-2-6-24(30)18-35-36/h2-6,8-9,11-12,18,24-25H,7,10,13-14H2,1H3;3,5-7,9,11-12,14-15,20,31H,2,4,8,10,13,16H2,1H3;4-5,7-9,11,13-15,17-18,25H,2-3,6,10,12,16,19H2,1H3/t18-,24?,25?;20-;25-/m111/s1. The zero-order valence-electron chi connectivity index (χ0n) is 68.1. The molecule has 4 aliphatic carbocycles. The van der Waals surface area contributed by atoms with Crippen molar-refractivity contribution in [3.63, 3.8) is 0 Å². The van der Waals surface area contributed by atoms with Crippen LogP contribution in [0.3, 0.4) is 0 Å². The van der Waals surface area contributed by atoms with Crippen LogP contribution in [0.25, 0.3) is 33.4 Å². The van der Waals surface area contributed by atoms with E-state index < -0.39 is 179 Å². The van der Waals surface area contributed by atoms with Crippen LogP contribution in [0, 0.1) is 52.5 Å². The van der Waals surface area contributed by atoms with Gasteiger partial charge in [0.1, 0.15) is 71.0 Å². The molecule has 0 amide bonds. The van der Waals surface area contributed by atoms with Crippen LogP contribution in [0.5, 0.6) is 0 Å². The number of ketones is 6. The lowest BCUT2D eigenvalue weighted by atomic mass is 9.86. The smallest absolute Gasteiger partial charge is 0.298 e. The highest BCUT2D eigenvalue weighted by Gasteiger charge is 2.68. The van der Waals surface area contributed by atoms with Gasteiger partial charge in [-0.15, -0.1) is 0 Å². The minimum atomic E-state index is -5.22. The molecule has 6 aromatic carbocycles. The summed E-state index contributed by atoms with van der Waals surface area (Å²) in [4.78, 5) is 89.8. The van der Waals surface area contributed by atoms with Crippen molar-refractivity contribution in [3.05, 3.63) is 319 Å². The summed E-state index contributed by atoms with van der Waals surface area (Å²) in [5.41, 5.74) is 2.33. The molecule has 0 saturated heterocycles. The number of aryl methyl sites for hydroxylation is 1. The molecule has 4 aliphatic rings. The Morgan fingerprint density at radius 2 is 0.913 bits per heavy atom. The number of carbonyl (C=O) groups is 6. The van der Waals surface area contributed by atoms with E-state index in [1.54, 1.807) is 47.3 Å². The zero-order chi connectivity index (χ0) is 90.8. The molecule has 12 aromatic rings. The van der Waals surface area contributed by atoms with Crippen molar-refractivity contribution < 1.29 is 103 Å². The van der Waals surface area contributed by atoms with Gasteiger partial charge in [0, 0.05) is 126 Å². The van der Waals surface area contributed by atoms with Gasteiger partial charge < -0.3 is 0 Å². The van der Waals surface area contributed by atoms with Crippen LogP contribution < -0.4 is 0 Å². The second-order valence-electron chi connectivity index (χ2n) is 32.3. The first kappa shape index (κ1) is 90.5. The summed E-state index contributed by atoms with van der Waals surface area (Å²) in [5, 5.41) is 12.0. The number of alkyl halides is 9. The zero-order valence-corrected chi connectivity index (χ0v) is 68.1. The highest BCUT2D eigenvalue weighted by molar-refractivity contribution is 5.97. The minimum absolute atomic E-state index is 0.00566. The molecule has 0 spiro atoms. The molecule has 6 aromatic heterocycles. The summed E-state index contributed by atoms with van der Waals surface area (Å²) < 4.78 is 245. The predicted octanol–water partition coefficient (Wildman–Crippen LogP) is 22.0. The maximum absolute atomic E-state index is 14.9. The first-order valence-corrected chi connectivity index (χ1v) is 40.7. The molecule has 16 rings (SSSR count). The number of aromatic nitrogens is 9. The van der Waals surface area contributed by atoms with Crippen molar-refractivity contribution in [2.45, 2.75) is 178 Å². The first-order chi connectivity index (χ1) is 60.3. The molecule has 0 bridgehead atoms. The highest BCUT2D eigenvalue weighted by Crippen LogP contribution is 2.68. The number of Topliss-reactive ketones (excluding diaryl/α,β-unsaturated/α-hetero) is 6. The van der Waals surface area contributed by atoms with E-state index in [9.17, 15) is 103 Å². The lowest BCUT2D eigenvalue weighted by molar-refractivity contribution is -0.149. The van der Waals surface area contributed by atoms with E-state index in [-0.39, 0.29) is 113 Å². The van der Waals surface area contributed by atoms with Gasteiger partial charge in [0.15, 0.2) is 40.4 Å². The number of carbonyl (C=O) groups excluding carboxylic acids is 6. The lowest BCUT2D eigenvalue weighted by Gasteiger charge is -2.24. The second kappa shape index (κ2) is 37.4. The highest BCUT2D eigenvalue weighted by atomic mass is 19.4. The molecule has 127 heavy (non-hydrogen) atoms. The van der Waals surface area contributed by atoms with Gasteiger partial charge in [-0.1, -0.05) is 48.5 Å². The van der Waals surface area contributed by atoms with Crippen LogP contribution in [0.1, 0.15) is 212 Å².